The maximum atomic E-state index is 13.8. The number of aromatic nitrogens is 3. The van der Waals surface area contributed by atoms with Crippen LogP contribution in [0.4, 0.5) is 26.3 Å². The number of methoxy groups -OCH3 is 1. The van der Waals surface area contributed by atoms with Crippen molar-refractivity contribution in [2.24, 2.45) is 5.41 Å². The van der Waals surface area contributed by atoms with Crippen molar-refractivity contribution in [2.75, 3.05) is 13.7 Å². The Bertz CT molecular complexity index is 1210. The first-order chi connectivity index (χ1) is 16.7. The Kier molecular flexibility index (Phi) is 7.29. The number of pyridine rings is 1. The number of nitrogens with zero attached hydrogens (tertiary/aromatic N) is 3. The molecule has 0 saturated heterocycles. The lowest BCUT2D eigenvalue weighted by Gasteiger charge is -2.48. The van der Waals surface area contributed by atoms with Gasteiger partial charge in [0.2, 0.25) is 5.91 Å². The van der Waals surface area contributed by atoms with Gasteiger partial charge in [0, 0.05) is 19.0 Å². The van der Waals surface area contributed by atoms with E-state index in [0.717, 1.165) is 18.6 Å². The first-order valence-corrected chi connectivity index (χ1v) is 10.8. The third kappa shape index (κ3) is 4.98. The first kappa shape index (κ1) is 27.3. The van der Waals surface area contributed by atoms with Crippen LogP contribution >= 0.6 is 0 Å². The fourth-order valence-corrected chi connectivity index (χ4v) is 4.31. The summed E-state index contributed by atoms with van der Waals surface area (Å²) in [4.78, 5) is 45.1. The predicted molar refractivity (Wildman–Crippen MR) is 115 cm³/mol. The van der Waals surface area contributed by atoms with Crippen LogP contribution in [-0.2, 0) is 20.9 Å². The van der Waals surface area contributed by atoms with Crippen molar-refractivity contribution in [1.82, 2.24) is 19.4 Å². The lowest BCUT2D eigenvalue weighted by Crippen LogP contribution is -2.63. The van der Waals surface area contributed by atoms with Crippen LogP contribution in [0.5, 0.6) is 0 Å². The summed E-state index contributed by atoms with van der Waals surface area (Å²) in [6.07, 6.45) is -7.79. The number of nitrogens with one attached hydrogen (secondary N) is 1. The number of hydrogen-bond acceptors (Lipinski definition) is 5. The zero-order valence-electron chi connectivity index (χ0n) is 19.4. The molecule has 0 aliphatic heterocycles. The third-order valence-corrected chi connectivity index (χ3v) is 5.99. The van der Waals surface area contributed by atoms with Gasteiger partial charge in [-0.05, 0) is 19.4 Å². The number of fused-ring (bicyclic) bond motifs is 1. The van der Waals surface area contributed by atoms with E-state index in [9.17, 15) is 40.7 Å². The van der Waals surface area contributed by atoms with E-state index in [1.807, 2.05) is 0 Å². The van der Waals surface area contributed by atoms with Gasteiger partial charge < -0.3 is 14.6 Å². The van der Waals surface area contributed by atoms with Gasteiger partial charge >= 0.3 is 12.1 Å². The van der Waals surface area contributed by atoms with Crippen molar-refractivity contribution >= 4 is 22.9 Å². The summed E-state index contributed by atoms with van der Waals surface area (Å²) in [6.45, 7) is 3.02. The Labute approximate surface area is 200 Å². The number of alkyl halides is 6. The molecule has 0 aromatic carbocycles. The number of allylic oxidation sites excluding steroid dienone is 1. The Morgan fingerprint density at radius 2 is 2.00 bits per heavy atom. The molecule has 1 fully saturated rings. The summed E-state index contributed by atoms with van der Waals surface area (Å²) in [7, 11) is 1.14. The van der Waals surface area contributed by atoms with E-state index in [1.165, 1.54) is 18.3 Å². The highest BCUT2D eigenvalue weighted by molar-refractivity contribution is 5.85. The molecular weight excluding hydrogens is 498 g/mol. The van der Waals surface area contributed by atoms with Crippen molar-refractivity contribution < 1.29 is 40.7 Å². The number of amides is 1. The van der Waals surface area contributed by atoms with E-state index < -0.39 is 73.1 Å². The van der Waals surface area contributed by atoms with Gasteiger partial charge in [0.15, 0.2) is 10.9 Å². The second kappa shape index (κ2) is 9.62. The monoisotopic (exact) mass is 522 g/mol. The van der Waals surface area contributed by atoms with E-state index in [2.05, 4.69) is 16.5 Å². The zero-order chi connectivity index (χ0) is 27.1. The molecular formula is C22H24F6N4O4. The summed E-state index contributed by atoms with van der Waals surface area (Å²) >= 11 is 0. The van der Waals surface area contributed by atoms with E-state index in [1.54, 1.807) is 0 Å². The smallest absolute Gasteiger partial charge is 0.403 e. The summed E-state index contributed by atoms with van der Waals surface area (Å²) in [5, 5.41) is 0. The number of halogens is 6. The number of carbonyl (C=O) groups is 2. The number of hydrogen-bond donors (Lipinski definition) is 1. The number of H-pyrrole nitrogens is 1. The maximum Gasteiger partial charge on any atom is 0.403 e. The molecule has 2 aromatic heterocycles. The van der Waals surface area contributed by atoms with Gasteiger partial charge in [-0.1, -0.05) is 6.08 Å². The second-order valence-electron chi connectivity index (χ2n) is 8.79. The lowest BCUT2D eigenvalue weighted by atomic mass is 9.64. The minimum atomic E-state index is -5.28. The zero-order valence-corrected chi connectivity index (χ0v) is 19.4. The van der Waals surface area contributed by atoms with Crippen molar-refractivity contribution in [3.63, 3.8) is 0 Å². The quantitative estimate of drug-likeness (QED) is 0.308. The van der Waals surface area contributed by atoms with Crippen LogP contribution in [0.2, 0.25) is 0 Å². The minimum Gasteiger partial charge on any atom is -0.467 e. The Balaban J connectivity index is 1.98. The molecule has 2 heterocycles. The molecule has 0 radical (unpaired) electrons. The number of carbonyl (C=O) groups excluding carboxylic acids is 2. The molecule has 1 aliphatic carbocycles. The summed E-state index contributed by atoms with van der Waals surface area (Å²) < 4.78 is 87.6. The van der Waals surface area contributed by atoms with Gasteiger partial charge in [-0.15, -0.1) is 6.58 Å². The second-order valence-corrected chi connectivity index (χ2v) is 8.79. The van der Waals surface area contributed by atoms with Crippen LogP contribution in [0, 0.1) is 5.41 Å². The standard InChI is InChI=1S/C22H24F6N4O4/c1-4-5-14(18(34)36-3)32-7-6-13-16(17(32)33)30-15(29-13)9-31(8-12(2)23)19(35)20(22(26,27)28)10-21(24,25)11-20/h4,6-7,12,14H,1,5,8-11H2,2-3H3,(H,29,30)/t12-,14+/m1/s1. The molecule has 1 aliphatic rings. The molecule has 1 N–H and O–H groups in total. The lowest BCUT2D eigenvalue weighted by molar-refractivity contribution is -0.299. The molecule has 8 nitrogen and oxygen atoms in total. The normalized spacial score (nSPS) is 18.2. The van der Waals surface area contributed by atoms with Crippen molar-refractivity contribution in [3.8, 4) is 0 Å². The topological polar surface area (TPSA) is 97.3 Å². The Hall–Kier alpha value is -3.32. The van der Waals surface area contributed by atoms with Crippen molar-refractivity contribution in [2.45, 2.75) is 57.0 Å². The van der Waals surface area contributed by atoms with Gasteiger partial charge in [0.05, 0.1) is 25.7 Å². The molecule has 14 heteroatoms. The molecule has 1 amide bonds. The van der Waals surface area contributed by atoms with Crippen molar-refractivity contribution in [3.05, 3.63) is 41.1 Å². The van der Waals surface area contributed by atoms with Crippen LogP contribution in [0.25, 0.3) is 11.0 Å². The molecule has 3 rings (SSSR count). The Morgan fingerprint density at radius 3 is 2.50 bits per heavy atom. The molecule has 2 aromatic rings. The molecule has 2 atom stereocenters. The van der Waals surface area contributed by atoms with E-state index in [-0.39, 0.29) is 23.3 Å². The van der Waals surface area contributed by atoms with Crippen LogP contribution in [0.3, 0.4) is 0 Å². The van der Waals surface area contributed by atoms with Gasteiger partial charge in [0.1, 0.15) is 18.0 Å². The summed E-state index contributed by atoms with van der Waals surface area (Å²) in [5.74, 6) is -6.27. The number of esters is 1. The number of ether oxygens (including phenoxy) is 1. The molecule has 198 valence electrons. The van der Waals surface area contributed by atoms with Crippen LogP contribution < -0.4 is 5.56 Å². The molecule has 0 bridgehead atoms. The predicted octanol–water partition coefficient (Wildman–Crippen LogP) is 3.68. The van der Waals surface area contributed by atoms with Crippen LogP contribution in [-0.4, -0.2) is 63.2 Å². The minimum absolute atomic E-state index is 0.0518. The average Bonchev–Trinajstić information content (AvgIpc) is 3.17. The number of imidazole rings is 1. The third-order valence-electron chi connectivity index (χ3n) is 5.99. The van der Waals surface area contributed by atoms with Gasteiger partial charge in [-0.25, -0.2) is 22.9 Å². The van der Waals surface area contributed by atoms with Gasteiger partial charge in [-0.3, -0.25) is 14.2 Å². The number of rotatable bonds is 9. The largest absolute Gasteiger partial charge is 0.467 e. The SMILES string of the molecule is C=CC[C@@H](C(=O)OC)n1ccc2[nH]c(CN(C[C@@H](C)F)C(=O)C3(C(F)(F)F)CC(F)(F)C3)nc2c1=O. The van der Waals surface area contributed by atoms with Crippen LogP contribution in [0.1, 0.15) is 38.1 Å². The van der Waals surface area contributed by atoms with E-state index in [4.69, 9.17) is 4.74 Å². The maximum absolute atomic E-state index is 13.8. The molecule has 0 unspecified atom stereocenters. The fourth-order valence-electron chi connectivity index (χ4n) is 4.31. The van der Waals surface area contributed by atoms with E-state index >= 15 is 0 Å². The van der Waals surface area contributed by atoms with Crippen LogP contribution in [0.15, 0.2) is 29.7 Å². The van der Waals surface area contributed by atoms with Gasteiger partial charge in [-0.2, -0.15) is 13.2 Å². The van der Waals surface area contributed by atoms with E-state index in [0.29, 0.717) is 4.90 Å². The average molecular weight is 522 g/mol. The fraction of sp³-hybridized carbons (Fsp3) is 0.545. The highest BCUT2D eigenvalue weighted by Gasteiger charge is 2.74. The highest BCUT2D eigenvalue weighted by Crippen LogP contribution is 2.61. The van der Waals surface area contributed by atoms with Crippen molar-refractivity contribution in [1.29, 1.82) is 0 Å². The van der Waals surface area contributed by atoms with Gasteiger partial charge in [0.25, 0.3) is 11.5 Å². The molecule has 36 heavy (non-hydrogen) atoms. The first-order valence-electron chi connectivity index (χ1n) is 10.8. The number of aromatic amines is 1. The molecule has 1 saturated carbocycles. The Morgan fingerprint density at radius 1 is 1.36 bits per heavy atom. The highest BCUT2D eigenvalue weighted by atomic mass is 19.4. The summed E-state index contributed by atoms with van der Waals surface area (Å²) in [6, 6.07) is 0.321. The molecule has 0 spiro atoms. The summed E-state index contributed by atoms with van der Waals surface area (Å²) in [5.41, 5.74) is -4.15.